The molecule has 0 heterocycles. The number of hydrogen-bond donors (Lipinski definition) is 3. The average Bonchev–Trinajstić information content (AvgIpc) is 3.28. The second-order valence-electron chi connectivity index (χ2n) is 18.7. The average molecular weight is 999 g/mol. The number of carboxylic acids is 1. The van der Waals surface area contributed by atoms with Gasteiger partial charge in [0.1, 0.15) is 25.8 Å². The van der Waals surface area contributed by atoms with Crippen LogP contribution in [-0.2, 0) is 37.5 Å². The molecule has 0 amide bonds. The number of esters is 2. The molecule has 0 saturated heterocycles. The summed E-state index contributed by atoms with van der Waals surface area (Å²) in [6.45, 7) is 3.62. The molecule has 0 spiro atoms. The highest BCUT2D eigenvalue weighted by Gasteiger charge is 2.25. The Morgan fingerprint density at radius 1 is 0.691 bits per heavy atom. The van der Waals surface area contributed by atoms with Gasteiger partial charge in [0.25, 0.3) is 7.82 Å². The molecular formula is C53H95N2O11PS. The van der Waals surface area contributed by atoms with Gasteiger partial charge in [-0.2, -0.15) is 0 Å². The summed E-state index contributed by atoms with van der Waals surface area (Å²) in [5, 5.41) is 19.5. The van der Waals surface area contributed by atoms with Crippen LogP contribution in [0.2, 0.25) is 0 Å². The summed E-state index contributed by atoms with van der Waals surface area (Å²) in [6.07, 6.45) is 44.2. The lowest BCUT2D eigenvalue weighted by Gasteiger charge is -2.28. The van der Waals surface area contributed by atoms with Crippen molar-refractivity contribution >= 4 is 37.5 Å². The van der Waals surface area contributed by atoms with Gasteiger partial charge in [-0.05, 0) is 64.2 Å². The second kappa shape index (κ2) is 44.4. The Kier molecular flexibility index (Phi) is 42.7. The van der Waals surface area contributed by atoms with Gasteiger partial charge < -0.3 is 43.8 Å². The van der Waals surface area contributed by atoms with Crippen molar-refractivity contribution in [3.63, 3.8) is 0 Å². The predicted octanol–water partition coefficient (Wildman–Crippen LogP) is 11.5. The Bertz CT molecular complexity index is 1470. The summed E-state index contributed by atoms with van der Waals surface area (Å²) < 4.78 is 34.1. The van der Waals surface area contributed by atoms with Crippen LogP contribution in [0.1, 0.15) is 181 Å². The van der Waals surface area contributed by atoms with Crippen LogP contribution in [-0.4, -0.2) is 109 Å². The number of carbonyl (C=O) groups is 3. The minimum Gasteiger partial charge on any atom is -0.756 e. The van der Waals surface area contributed by atoms with Crippen LogP contribution < -0.4 is 10.6 Å². The van der Waals surface area contributed by atoms with Crippen LogP contribution >= 0.6 is 19.6 Å². The lowest BCUT2D eigenvalue weighted by atomic mass is 10.1. The van der Waals surface area contributed by atoms with Gasteiger partial charge in [-0.25, -0.2) is 0 Å². The first-order chi connectivity index (χ1) is 32.6. The third-order valence-corrected chi connectivity index (χ3v) is 13.4. The largest absolute Gasteiger partial charge is 0.756 e. The SMILES string of the molecule is CCCCC/C=C\C\C=C/C=C/C=C/[C@@H](SC[C@H](N)C(=O)OC[C@H](COP(=O)([O-])OCC[N+](C)(C)C)OC(=O)CCCCCCCCCCC/C=C\CCCCCCCC)[C@@H](O)CCCC(=O)O. The first-order valence-corrected chi connectivity index (χ1v) is 28.4. The fourth-order valence-electron chi connectivity index (χ4n) is 6.80. The highest BCUT2D eigenvalue weighted by atomic mass is 32.2. The van der Waals surface area contributed by atoms with E-state index in [9.17, 15) is 28.9 Å². The third kappa shape index (κ3) is 44.6. The normalized spacial score (nSPS) is 15.2. The van der Waals surface area contributed by atoms with E-state index < -0.39 is 62.4 Å². The van der Waals surface area contributed by atoms with Gasteiger partial charge in [-0.1, -0.05) is 164 Å². The summed E-state index contributed by atoms with van der Waals surface area (Å²) in [7, 11) is 0.903. The number of aliphatic hydroxyl groups is 1. The van der Waals surface area contributed by atoms with E-state index in [0.29, 0.717) is 17.4 Å². The van der Waals surface area contributed by atoms with Gasteiger partial charge in [-0.3, -0.25) is 18.9 Å². The summed E-state index contributed by atoms with van der Waals surface area (Å²) in [5.41, 5.74) is 6.21. The van der Waals surface area contributed by atoms with Gasteiger partial charge >= 0.3 is 17.9 Å². The summed E-state index contributed by atoms with van der Waals surface area (Å²) in [5.74, 6) is -2.28. The molecule has 5 atom stereocenters. The number of quaternary nitrogens is 1. The Hall–Kier alpha value is -2.55. The number of carboxylic acid groups (broad SMARTS) is 1. The van der Waals surface area contributed by atoms with Crippen molar-refractivity contribution in [1.29, 1.82) is 0 Å². The van der Waals surface area contributed by atoms with Crippen LogP contribution in [0, 0.1) is 0 Å². The van der Waals surface area contributed by atoms with E-state index in [1.165, 1.54) is 102 Å². The highest BCUT2D eigenvalue weighted by Crippen LogP contribution is 2.38. The molecule has 0 fully saturated rings. The molecule has 0 aromatic heterocycles. The van der Waals surface area contributed by atoms with E-state index in [-0.39, 0.29) is 38.0 Å². The molecule has 1 unspecified atom stereocenters. The van der Waals surface area contributed by atoms with Crippen LogP contribution in [0.5, 0.6) is 0 Å². The summed E-state index contributed by atoms with van der Waals surface area (Å²) in [4.78, 5) is 49.6. The molecular weight excluding hydrogens is 904 g/mol. The standard InChI is InChI=1S/C53H95N2O11PS/c1-6-8-10-12-14-16-18-20-21-22-23-24-25-26-28-30-32-34-36-41-52(59)66-47(45-65-67(61,62)64-43-42-55(3,4)5)44-63-53(60)48(54)46-68-50(49(56)38-37-40-51(57)58)39-35-33-31-29-27-19-17-15-13-11-9-7-2/h15,17,20-21,27,29,31,33,35,39,47-50,56H,6-14,16,18-19,22-26,28,30,32,34,36-38,40-46,54H2,1-5H3,(H-,57,58,61,62)/b17-15-,21-20-,29-27-,33-31+,39-35+/t47-,48+,49+,50-/m1/s1. The lowest BCUT2D eigenvalue weighted by molar-refractivity contribution is -0.870. The van der Waals surface area contributed by atoms with Crippen molar-refractivity contribution in [2.24, 2.45) is 5.73 Å². The number of phosphoric ester groups is 1. The summed E-state index contributed by atoms with van der Waals surface area (Å²) in [6, 6.07) is -1.14. The van der Waals surface area contributed by atoms with E-state index >= 15 is 0 Å². The minimum atomic E-state index is -4.77. The number of ether oxygens (including phenoxy) is 2. The number of hydrogen-bond acceptors (Lipinski definition) is 12. The second-order valence-corrected chi connectivity index (χ2v) is 21.4. The van der Waals surface area contributed by atoms with Gasteiger partial charge in [0.15, 0.2) is 6.10 Å². The van der Waals surface area contributed by atoms with Crippen molar-refractivity contribution < 1.29 is 57.1 Å². The molecule has 68 heavy (non-hydrogen) atoms. The zero-order valence-corrected chi connectivity index (χ0v) is 44.7. The Morgan fingerprint density at radius 3 is 1.84 bits per heavy atom. The molecule has 13 nitrogen and oxygen atoms in total. The molecule has 0 aromatic carbocycles. The maximum atomic E-state index is 13.1. The van der Waals surface area contributed by atoms with Crippen molar-refractivity contribution in [2.45, 2.75) is 204 Å². The number of aliphatic hydroxyl groups excluding tert-OH is 1. The highest BCUT2D eigenvalue weighted by molar-refractivity contribution is 8.00. The Balaban J connectivity index is 5.08. The molecule has 0 radical (unpaired) electrons. The topological polar surface area (TPSA) is 195 Å². The Morgan fingerprint density at radius 2 is 1.24 bits per heavy atom. The minimum absolute atomic E-state index is 0.0475. The monoisotopic (exact) mass is 999 g/mol. The van der Waals surface area contributed by atoms with Gasteiger partial charge in [0.2, 0.25) is 0 Å². The quantitative estimate of drug-likeness (QED) is 0.0130. The fourth-order valence-corrected chi connectivity index (χ4v) is 8.65. The molecule has 15 heteroatoms. The van der Waals surface area contributed by atoms with Crippen LogP contribution in [0.4, 0.5) is 0 Å². The van der Waals surface area contributed by atoms with Gasteiger partial charge in [0.05, 0.1) is 33.9 Å². The van der Waals surface area contributed by atoms with Crippen molar-refractivity contribution in [1.82, 2.24) is 0 Å². The maximum Gasteiger partial charge on any atom is 0.323 e. The van der Waals surface area contributed by atoms with E-state index in [4.69, 9.17) is 29.4 Å². The number of phosphoric acid groups is 1. The number of likely N-dealkylation sites (N-methyl/N-ethyl adjacent to an activating group) is 1. The molecule has 0 aliphatic carbocycles. The van der Waals surface area contributed by atoms with Gasteiger partial charge in [0, 0.05) is 23.8 Å². The number of unbranched alkanes of at least 4 members (excludes halogenated alkanes) is 18. The van der Waals surface area contributed by atoms with Crippen LogP contribution in [0.25, 0.3) is 0 Å². The van der Waals surface area contributed by atoms with Gasteiger partial charge in [-0.15, -0.1) is 11.8 Å². The molecule has 0 aliphatic heterocycles. The molecule has 0 aromatic rings. The molecule has 0 aliphatic rings. The number of nitrogens with two attached hydrogens (primary N) is 1. The van der Waals surface area contributed by atoms with E-state index in [0.717, 1.165) is 44.9 Å². The number of rotatable bonds is 47. The number of nitrogens with zero attached hydrogens (tertiary/aromatic N) is 1. The molecule has 4 N–H and O–H groups in total. The lowest BCUT2D eigenvalue weighted by Crippen LogP contribution is -2.39. The molecule has 0 saturated carbocycles. The smallest absolute Gasteiger partial charge is 0.323 e. The number of carbonyl (C=O) groups excluding carboxylic acids is 2. The van der Waals surface area contributed by atoms with Crippen molar-refractivity contribution in [3.8, 4) is 0 Å². The van der Waals surface area contributed by atoms with E-state index in [1.807, 2.05) is 45.4 Å². The predicted molar refractivity (Wildman–Crippen MR) is 278 cm³/mol. The first-order valence-electron chi connectivity index (χ1n) is 25.9. The molecule has 0 rings (SSSR count). The van der Waals surface area contributed by atoms with Crippen LogP contribution in [0.15, 0.2) is 60.8 Å². The third-order valence-electron chi connectivity index (χ3n) is 11.0. The van der Waals surface area contributed by atoms with Crippen molar-refractivity contribution in [2.75, 3.05) is 53.3 Å². The Labute approximate surface area is 417 Å². The summed E-state index contributed by atoms with van der Waals surface area (Å²) >= 11 is 1.22. The first kappa shape index (κ1) is 65.5. The molecule has 0 bridgehead atoms. The number of thioether (sulfide) groups is 1. The fraction of sp³-hybridized carbons (Fsp3) is 0.755. The maximum absolute atomic E-state index is 13.1. The van der Waals surface area contributed by atoms with Crippen molar-refractivity contribution in [3.05, 3.63) is 60.8 Å². The van der Waals surface area contributed by atoms with E-state index in [1.54, 1.807) is 12.2 Å². The van der Waals surface area contributed by atoms with E-state index in [2.05, 4.69) is 38.2 Å². The number of allylic oxidation sites excluding steroid dienone is 9. The molecule has 394 valence electrons. The number of aliphatic carboxylic acids is 1. The van der Waals surface area contributed by atoms with Crippen LogP contribution in [0.3, 0.4) is 0 Å². The zero-order chi connectivity index (χ0) is 50.6. The zero-order valence-electron chi connectivity index (χ0n) is 43.0.